The van der Waals surface area contributed by atoms with Crippen LogP contribution in [0.4, 0.5) is 0 Å². The molecule has 0 aliphatic carbocycles. The third-order valence-electron chi connectivity index (χ3n) is 6.13. The van der Waals surface area contributed by atoms with Crippen molar-refractivity contribution in [1.29, 1.82) is 0 Å². The second-order valence-electron chi connectivity index (χ2n) is 7.88. The number of halogens is 1. The SMILES string of the molecule is Cc1cc(C(=O)N2C[C@@H]3CN(C)[C@@H](c4ccccc4C)[C@@H]3C2)ccc1O.Cl. The van der Waals surface area contributed by atoms with Gasteiger partial charge >= 0.3 is 0 Å². The highest BCUT2D eigenvalue weighted by atomic mass is 35.5. The van der Waals surface area contributed by atoms with Crippen molar-refractivity contribution in [3.63, 3.8) is 0 Å². The average Bonchev–Trinajstić information content (AvgIpc) is 3.14. The minimum atomic E-state index is 0. The lowest BCUT2D eigenvalue weighted by molar-refractivity contribution is 0.0767. The number of hydrogen-bond acceptors (Lipinski definition) is 3. The van der Waals surface area contributed by atoms with Crippen LogP contribution in [0.1, 0.15) is 33.1 Å². The number of carbonyl (C=O) groups is 1. The van der Waals surface area contributed by atoms with Crippen molar-refractivity contribution in [3.05, 3.63) is 64.7 Å². The van der Waals surface area contributed by atoms with Crippen LogP contribution in [0.3, 0.4) is 0 Å². The molecule has 144 valence electrons. The summed E-state index contributed by atoms with van der Waals surface area (Å²) in [5.74, 6) is 1.31. The number of phenols is 1. The quantitative estimate of drug-likeness (QED) is 0.853. The third-order valence-corrected chi connectivity index (χ3v) is 6.13. The van der Waals surface area contributed by atoms with Crippen LogP contribution in [0, 0.1) is 25.7 Å². The number of carbonyl (C=O) groups excluding carboxylic acids is 1. The normalized spacial score (nSPS) is 24.6. The molecule has 0 unspecified atom stereocenters. The zero-order valence-electron chi connectivity index (χ0n) is 16.1. The van der Waals surface area contributed by atoms with Gasteiger partial charge in [0, 0.05) is 37.2 Å². The van der Waals surface area contributed by atoms with E-state index < -0.39 is 0 Å². The Morgan fingerprint density at radius 2 is 1.78 bits per heavy atom. The largest absolute Gasteiger partial charge is 0.508 e. The van der Waals surface area contributed by atoms with E-state index >= 15 is 0 Å². The number of hydrogen-bond donors (Lipinski definition) is 1. The molecule has 2 aromatic rings. The molecule has 5 heteroatoms. The van der Waals surface area contributed by atoms with Crippen molar-refractivity contribution >= 4 is 18.3 Å². The maximum Gasteiger partial charge on any atom is 0.253 e. The average molecular weight is 387 g/mol. The molecule has 2 fully saturated rings. The molecule has 0 bridgehead atoms. The van der Waals surface area contributed by atoms with Crippen molar-refractivity contribution < 1.29 is 9.90 Å². The van der Waals surface area contributed by atoms with Gasteiger partial charge in [0.15, 0.2) is 0 Å². The highest BCUT2D eigenvalue weighted by molar-refractivity contribution is 5.94. The molecule has 3 atom stereocenters. The number of likely N-dealkylation sites (tertiary alicyclic amines) is 2. The monoisotopic (exact) mass is 386 g/mol. The molecule has 2 aliphatic heterocycles. The Labute approximate surface area is 167 Å². The fourth-order valence-corrected chi connectivity index (χ4v) is 4.78. The smallest absolute Gasteiger partial charge is 0.253 e. The maximum atomic E-state index is 13.0. The van der Waals surface area contributed by atoms with Crippen LogP contribution >= 0.6 is 12.4 Å². The Hall–Kier alpha value is -2.04. The predicted octanol–water partition coefficient (Wildman–Crippen LogP) is 3.81. The van der Waals surface area contributed by atoms with Gasteiger partial charge in [0.1, 0.15) is 5.75 Å². The summed E-state index contributed by atoms with van der Waals surface area (Å²) in [5.41, 5.74) is 4.12. The first-order valence-electron chi connectivity index (χ1n) is 9.30. The lowest BCUT2D eigenvalue weighted by Crippen LogP contribution is -2.33. The topological polar surface area (TPSA) is 43.8 Å². The van der Waals surface area contributed by atoms with E-state index in [9.17, 15) is 9.90 Å². The number of rotatable bonds is 2. The van der Waals surface area contributed by atoms with E-state index in [4.69, 9.17) is 0 Å². The van der Waals surface area contributed by atoms with Gasteiger partial charge in [0.05, 0.1) is 0 Å². The van der Waals surface area contributed by atoms with Gasteiger partial charge in [-0.25, -0.2) is 0 Å². The molecule has 27 heavy (non-hydrogen) atoms. The highest BCUT2D eigenvalue weighted by Crippen LogP contribution is 2.45. The molecule has 0 radical (unpaired) electrons. The summed E-state index contributed by atoms with van der Waals surface area (Å²) in [6.07, 6.45) is 0. The minimum absolute atomic E-state index is 0. The van der Waals surface area contributed by atoms with Gasteiger partial charge in [-0.15, -0.1) is 12.4 Å². The lowest BCUT2D eigenvalue weighted by atomic mass is 9.88. The molecular formula is C22H27ClN2O2. The van der Waals surface area contributed by atoms with Crippen molar-refractivity contribution in [1.82, 2.24) is 9.80 Å². The van der Waals surface area contributed by atoms with Crippen LogP contribution in [0.15, 0.2) is 42.5 Å². The molecule has 4 nitrogen and oxygen atoms in total. The fourth-order valence-electron chi connectivity index (χ4n) is 4.78. The first-order chi connectivity index (χ1) is 12.5. The number of phenolic OH excluding ortho intramolecular Hbond substituents is 1. The fraction of sp³-hybridized carbons (Fsp3) is 0.409. The van der Waals surface area contributed by atoms with Crippen LogP contribution < -0.4 is 0 Å². The van der Waals surface area contributed by atoms with Crippen molar-refractivity contribution in [2.75, 3.05) is 26.7 Å². The van der Waals surface area contributed by atoms with E-state index in [0.717, 1.165) is 25.2 Å². The van der Waals surface area contributed by atoms with Gasteiger partial charge in [-0.05, 0) is 61.7 Å². The van der Waals surface area contributed by atoms with Gasteiger partial charge in [-0.3, -0.25) is 9.69 Å². The molecule has 1 amide bonds. The maximum absolute atomic E-state index is 13.0. The van der Waals surface area contributed by atoms with Crippen LogP contribution in [-0.2, 0) is 0 Å². The standard InChI is InChI=1S/C22H26N2O2.ClH/c1-14-6-4-5-7-18(14)21-19-13-24(12-17(19)11-23(21)3)22(26)16-8-9-20(25)15(2)10-16;/h4-10,17,19,21,25H,11-13H2,1-3H3;1H/t17-,19+,21-;/m0./s1. The molecule has 4 rings (SSSR count). The summed E-state index contributed by atoms with van der Waals surface area (Å²) in [5, 5.41) is 9.71. The molecule has 1 N–H and O–H groups in total. The number of benzene rings is 2. The van der Waals surface area contributed by atoms with E-state index in [1.54, 1.807) is 18.2 Å². The Morgan fingerprint density at radius 1 is 1.04 bits per heavy atom. The minimum Gasteiger partial charge on any atom is -0.508 e. The number of nitrogens with zero attached hydrogens (tertiary/aromatic N) is 2. The van der Waals surface area contributed by atoms with Crippen molar-refractivity contribution in [2.45, 2.75) is 19.9 Å². The molecule has 2 heterocycles. The first-order valence-corrected chi connectivity index (χ1v) is 9.30. The molecule has 2 aliphatic rings. The van der Waals surface area contributed by atoms with E-state index in [1.165, 1.54) is 11.1 Å². The zero-order valence-corrected chi connectivity index (χ0v) is 16.9. The Balaban J connectivity index is 0.00000210. The van der Waals surface area contributed by atoms with Crippen molar-refractivity contribution in [2.24, 2.45) is 11.8 Å². The van der Waals surface area contributed by atoms with Crippen LogP contribution in [0.25, 0.3) is 0 Å². The van der Waals surface area contributed by atoms with Gasteiger partial charge in [-0.2, -0.15) is 0 Å². The Morgan fingerprint density at radius 3 is 2.48 bits per heavy atom. The summed E-state index contributed by atoms with van der Waals surface area (Å²) < 4.78 is 0. The summed E-state index contributed by atoms with van der Waals surface area (Å²) in [6.45, 7) is 6.65. The summed E-state index contributed by atoms with van der Waals surface area (Å²) in [6, 6.07) is 14.1. The molecule has 0 aromatic heterocycles. The van der Waals surface area contributed by atoms with Gasteiger partial charge in [0.2, 0.25) is 0 Å². The summed E-state index contributed by atoms with van der Waals surface area (Å²) in [4.78, 5) is 17.4. The van der Waals surface area contributed by atoms with Crippen LogP contribution in [0.2, 0.25) is 0 Å². The van der Waals surface area contributed by atoms with Gasteiger partial charge in [-0.1, -0.05) is 24.3 Å². The number of aryl methyl sites for hydroxylation is 2. The van der Waals surface area contributed by atoms with Gasteiger partial charge < -0.3 is 10.0 Å². The third kappa shape index (κ3) is 3.44. The van der Waals surface area contributed by atoms with Crippen LogP contribution in [-0.4, -0.2) is 47.5 Å². The number of amides is 1. The zero-order chi connectivity index (χ0) is 18.4. The first kappa shape index (κ1) is 19.7. The highest BCUT2D eigenvalue weighted by Gasteiger charge is 2.47. The van der Waals surface area contributed by atoms with Gasteiger partial charge in [0.25, 0.3) is 5.91 Å². The number of fused-ring (bicyclic) bond motifs is 1. The Bertz CT molecular complexity index is 854. The summed E-state index contributed by atoms with van der Waals surface area (Å²) in [7, 11) is 2.20. The molecular weight excluding hydrogens is 360 g/mol. The van der Waals surface area contributed by atoms with E-state index in [0.29, 0.717) is 23.4 Å². The van der Waals surface area contributed by atoms with Crippen molar-refractivity contribution in [3.8, 4) is 5.75 Å². The lowest BCUT2D eigenvalue weighted by Gasteiger charge is -2.28. The second kappa shape index (κ2) is 7.53. The van der Waals surface area contributed by atoms with E-state index in [-0.39, 0.29) is 24.1 Å². The van der Waals surface area contributed by atoms with Crippen LogP contribution in [0.5, 0.6) is 5.75 Å². The van der Waals surface area contributed by atoms with E-state index in [2.05, 4.69) is 43.1 Å². The molecule has 2 saturated heterocycles. The second-order valence-corrected chi connectivity index (χ2v) is 7.88. The number of aromatic hydroxyl groups is 1. The van der Waals surface area contributed by atoms with E-state index in [1.807, 2.05) is 11.8 Å². The summed E-state index contributed by atoms with van der Waals surface area (Å²) >= 11 is 0. The molecule has 0 saturated carbocycles. The molecule has 2 aromatic carbocycles. The predicted molar refractivity (Wildman–Crippen MR) is 110 cm³/mol. The molecule has 0 spiro atoms. The Kier molecular flexibility index (Phi) is 5.50.